The molecule has 0 amide bonds. The van der Waals surface area contributed by atoms with Crippen LogP contribution < -0.4 is 9.47 Å². The summed E-state index contributed by atoms with van der Waals surface area (Å²) in [5.41, 5.74) is 2.52. The van der Waals surface area contributed by atoms with Crippen molar-refractivity contribution in [2.45, 2.75) is 43.2 Å². The van der Waals surface area contributed by atoms with Gasteiger partial charge in [-0.2, -0.15) is 0 Å². The van der Waals surface area contributed by atoms with Gasteiger partial charge in [0.05, 0.1) is 27.4 Å². The van der Waals surface area contributed by atoms with Crippen molar-refractivity contribution in [2.24, 2.45) is 0 Å². The number of methoxy groups -OCH3 is 2. The van der Waals surface area contributed by atoms with Gasteiger partial charge < -0.3 is 23.7 Å². The molecule has 2 atom stereocenters. The van der Waals surface area contributed by atoms with E-state index in [2.05, 4.69) is 19.1 Å². The smallest absolute Gasteiger partial charge is 0.194 e. The minimum Gasteiger partial charge on any atom is -0.493 e. The lowest BCUT2D eigenvalue weighted by molar-refractivity contribution is -0.178. The topological polar surface area (TPSA) is 46.2 Å². The third kappa shape index (κ3) is 1.56. The van der Waals surface area contributed by atoms with Crippen LogP contribution in [0.2, 0.25) is 0 Å². The van der Waals surface area contributed by atoms with Crippen molar-refractivity contribution in [3.05, 3.63) is 34.9 Å². The lowest BCUT2D eigenvalue weighted by Gasteiger charge is -2.43. The van der Waals surface area contributed by atoms with Gasteiger partial charge >= 0.3 is 0 Å². The molecule has 0 radical (unpaired) electrons. The molecule has 3 aliphatic heterocycles. The van der Waals surface area contributed by atoms with Crippen molar-refractivity contribution < 1.29 is 23.7 Å². The normalized spacial score (nSPS) is 34.9. The summed E-state index contributed by atoms with van der Waals surface area (Å²) in [7, 11) is 3.33. The fourth-order valence-electron chi connectivity index (χ4n) is 4.99. The molecule has 3 heterocycles. The van der Waals surface area contributed by atoms with Crippen LogP contribution in [0.1, 0.15) is 37.3 Å². The third-order valence-electron chi connectivity index (χ3n) is 5.93. The SMILES string of the molecule is COc1cc2c(cc1OC)[C@]13CCCC4(OCCO4)C1=C[C@@]2(C)O3. The molecule has 1 aromatic rings. The fraction of sp³-hybridized carbons (Fsp3) is 0.579. The third-order valence-corrected chi connectivity index (χ3v) is 5.93. The Balaban J connectivity index is 1.73. The summed E-state index contributed by atoms with van der Waals surface area (Å²) in [6.07, 6.45) is 5.04. The molecule has 5 nitrogen and oxygen atoms in total. The molecule has 2 bridgehead atoms. The first-order valence-corrected chi connectivity index (χ1v) is 8.56. The van der Waals surface area contributed by atoms with Crippen LogP contribution in [0, 0.1) is 0 Å². The quantitative estimate of drug-likeness (QED) is 0.780. The zero-order valence-corrected chi connectivity index (χ0v) is 14.3. The van der Waals surface area contributed by atoms with Crippen molar-refractivity contribution >= 4 is 0 Å². The van der Waals surface area contributed by atoms with Gasteiger partial charge in [0.1, 0.15) is 11.2 Å². The van der Waals surface area contributed by atoms with Crippen LogP contribution >= 0.6 is 0 Å². The molecule has 0 aromatic heterocycles. The lowest BCUT2D eigenvalue weighted by atomic mass is 9.68. The average molecular weight is 330 g/mol. The molecular formula is C19H22O5. The first-order chi connectivity index (χ1) is 11.6. The van der Waals surface area contributed by atoms with Gasteiger partial charge in [-0.15, -0.1) is 0 Å². The molecule has 128 valence electrons. The van der Waals surface area contributed by atoms with E-state index >= 15 is 0 Å². The molecule has 24 heavy (non-hydrogen) atoms. The first-order valence-electron chi connectivity index (χ1n) is 8.56. The monoisotopic (exact) mass is 330 g/mol. The van der Waals surface area contributed by atoms with Crippen molar-refractivity contribution in [3.8, 4) is 11.5 Å². The molecule has 0 N–H and O–H groups in total. The number of benzene rings is 1. The van der Waals surface area contributed by atoms with Crippen LogP contribution in [-0.4, -0.2) is 33.2 Å². The Kier molecular flexibility index (Phi) is 2.79. The minimum atomic E-state index is -0.610. The second-order valence-corrected chi connectivity index (χ2v) is 7.15. The maximum atomic E-state index is 6.64. The standard InChI is InChI=1S/C19H22O5/c1-17-11-16-18(24-17,5-4-6-19(16)22-7-8-23-19)13-10-15(21-3)14(20-2)9-12(13)17/h9-11H,4-8H2,1-3H3/t17-,18-/m1/s1. The Morgan fingerprint density at radius 1 is 0.958 bits per heavy atom. The fourth-order valence-corrected chi connectivity index (χ4v) is 4.99. The maximum Gasteiger partial charge on any atom is 0.194 e. The number of hydrogen-bond donors (Lipinski definition) is 0. The summed E-state index contributed by atoms with van der Waals surface area (Å²) in [4.78, 5) is 0. The maximum absolute atomic E-state index is 6.64. The van der Waals surface area contributed by atoms with Crippen LogP contribution in [0.5, 0.6) is 11.5 Å². The molecule has 5 rings (SSSR count). The summed E-state index contributed by atoms with van der Waals surface area (Å²) in [5, 5.41) is 0. The van der Waals surface area contributed by atoms with Crippen LogP contribution in [0.25, 0.3) is 0 Å². The van der Waals surface area contributed by atoms with E-state index in [1.807, 2.05) is 6.07 Å². The molecule has 1 aliphatic carbocycles. The van der Waals surface area contributed by atoms with Crippen LogP contribution in [0.4, 0.5) is 0 Å². The predicted molar refractivity (Wildman–Crippen MR) is 86.2 cm³/mol. The van der Waals surface area contributed by atoms with E-state index in [4.69, 9.17) is 23.7 Å². The van der Waals surface area contributed by atoms with Gasteiger partial charge in [0, 0.05) is 12.0 Å². The molecule has 0 unspecified atom stereocenters. The van der Waals surface area contributed by atoms with Gasteiger partial charge in [-0.1, -0.05) is 0 Å². The van der Waals surface area contributed by atoms with E-state index in [9.17, 15) is 0 Å². The summed E-state index contributed by atoms with van der Waals surface area (Å²) in [6.45, 7) is 3.40. The number of rotatable bonds is 2. The van der Waals surface area contributed by atoms with E-state index in [0.29, 0.717) is 13.2 Å². The van der Waals surface area contributed by atoms with Gasteiger partial charge in [0.25, 0.3) is 0 Å². The summed E-state index contributed by atoms with van der Waals surface area (Å²) in [6, 6.07) is 4.12. The van der Waals surface area contributed by atoms with Crippen molar-refractivity contribution in [1.29, 1.82) is 0 Å². The Morgan fingerprint density at radius 3 is 2.29 bits per heavy atom. The Hall–Kier alpha value is -1.56. The zero-order valence-electron chi connectivity index (χ0n) is 14.3. The molecule has 1 aromatic carbocycles. The van der Waals surface area contributed by atoms with Crippen LogP contribution in [0.15, 0.2) is 23.8 Å². The minimum absolute atomic E-state index is 0.466. The van der Waals surface area contributed by atoms with E-state index in [1.165, 1.54) is 5.56 Å². The van der Waals surface area contributed by atoms with E-state index < -0.39 is 17.0 Å². The summed E-state index contributed by atoms with van der Waals surface area (Å²) < 4.78 is 29.8. The van der Waals surface area contributed by atoms with Gasteiger partial charge in [-0.25, -0.2) is 0 Å². The number of fused-ring (bicyclic) bond motifs is 4. The highest BCUT2D eigenvalue weighted by Crippen LogP contribution is 2.66. The Bertz CT molecular complexity index is 748. The highest BCUT2D eigenvalue weighted by molar-refractivity contribution is 5.62. The molecule has 5 heteroatoms. The highest BCUT2D eigenvalue weighted by Gasteiger charge is 2.65. The summed E-state index contributed by atoms with van der Waals surface area (Å²) >= 11 is 0. The second kappa shape index (κ2) is 4.54. The van der Waals surface area contributed by atoms with Gasteiger partial charge in [0.2, 0.25) is 0 Å². The Morgan fingerprint density at radius 2 is 1.62 bits per heavy atom. The molecule has 2 fully saturated rings. The zero-order chi connectivity index (χ0) is 16.6. The van der Waals surface area contributed by atoms with E-state index in [0.717, 1.165) is 41.9 Å². The number of ether oxygens (including phenoxy) is 5. The lowest BCUT2D eigenvalue weighted by Crippen LogP contribution is -2.46. The number of hydrogen-bond acceptors (Lipinski definition) is 5. The van der Waals surface area contributed by atoms with Crippen molar-refractivity contribution in [1.82, 2.24) is 0 Å². The molecule has 4 aliphatic rings. The molecule has 1 saturated carbocycles. The predicted octanol–water partition coefficient (Wildman–Crippen LogP) is 3.01. The average Bonchev–Trinajstić information content (AvgIpc) is 3.23. The largest absolute Gasteiger partial charge is 0.493 e. The molecular weight excluding hydrogens is 308 g/mol. The first kappa shape index (κ1) is 14.8. The summed E-state index contributed by atoms with van der Waals surface area (Å²) in [5.74, 6) is 0.859. The molecule has 1 saturated heterocycles. The van der Waals surface area contributed by atoms with Crippen LogP contribution in [-0.2, 0) is 25.4 Å². The molecule has 2 spiro atoms. The van der Waals surface area contributed by atoms with E-state index in [-0.39, 0.29) is 0 Å². The van der Waals surface area contributed by atoms with Crippen molar-refractivity contribution in [3.63, 3.8) is 0 Å². The Labute approximate surface area is 141 Å². The highest BCUT2D eigenvalue weighted by atomic mass is 16.7. The van der Waals surface area contributed by atoms with Crippen molar-refractivity contribution in [2.75, 3.05) is 27.4 Å². The van der Waals surface area contributed by atoms with Gasteiger partial charge in [0.15, 0.2) is 17.3 Å². The van der Waals surface area contributed by atoms with Gasteiger partial charge in [-0.05, 0) is 49.1 Å². The van der Waals surface area contributed by atoms with Crippen LogP contribution in [0.3, 0.4) is 0 Å². The van der Waals surface area contributed by atoms with E-state index in [1.54, 1.807) is 14.2 Å². The van der Waals surface area contributed by atoms with Gasteiger partial charge in [-0.3, -0.25) is 0 Å². The second-order valence-electron chi connectivity index (χ2n) is 7.15.